The van der Waals surface area contributed by atoms with Gasteiger partial charge in [-0.25, -0.2) is 4.68 Å². The molecule has 0 aliphatic rings. The van der Waals surface area contributed by atoms with E-state index in [0.717, 1.165) is 15.6 Å². The molecule has 0 unspecified atom stereocenters. The fourth-order valence-corrected chi connectivity index (χ4v) is 3.62. The normalized spacial score (nSPS) is 10.4. The second kappa shape index (κ2) is 6.31. The molecule has 0 amide bonds. The van der Waals surface area contributed by atoms with Gasteiger partial charge in [0.1, 0.15) is 0 Å². The molecule has 7 heteroatoms. The molecule has 4 nitrogen and oxygen atoms in total. The number of methoxy groups -OCH3 is 1. The van der Waals surface area contributed by atoms with Crippen LogP contribution in [0.15, 0.2) is 28.6 Å². The predicted molar refractivity (Wildman–Crippen MR) is 79.8 cm³/mol. The summed E-state index contributed by atoms with van der Waals surface area (Å²) in [4.78, 5) is 11.1. The summed E-state index contributed by atoms with van der Waals surface area (Å²) < 4.78 is 7.73. The third kappa shape index (κ3) is 3.65. The van der Waals surface area contributed by atoms with Crippen molar-refractivity contribution in [2.75, 3.05) is 12.9 Å². The number of aryl methyl sites for hydroxylation is 1. The molecular weight excluding hydrogens is 300 g/mol. The standard InChI is InChI=1S/C12H12N2O2S3/c1-8-4-3-5-9(6-8)14-12(17)19-11(13-14)18-7-10(15)16-2/h3-6H,7H2,1-2H3. The van der Waals surface area contributed by atoms with Gasteiger partial charge >= 0.3 is 5.97 Å². The van der Waals surface area contributed by atoms with Crippen LogP contribution >= 0.6 is 35.3 Å². The molecule has 0 radical (unpaired) electrons. The van der Waals surface area contributed by atoms with Crippen molar-refractivity contribution in [2.24, 2.45) is 0 Å². The summed E-state index contributed by atoms with van der Waals surface area (Å²) in [7, 11) is 1.37. The summed E-state index contributed by atoms with van der Waals surface area (Å²) in [5.74, 6) is -0.0275. The van der Waals surface area contributed by atoms with Gasteiger partial charge in [0.25, 0.3) is 0 Å². The van der Waals surface area contributed by atoms with E-state index >= 15 is 0 Å². The summed E-state index contributed by atoms with van der Waals surface area (Å²) in [5.41, 5.74) is 2.09. The number of hydrogen-bond donors (Lipinski definition) is 0. The maximum absolute atomic E-state index is 11.1. The van der Waals surface area contributed by atoms with Gasteiger partial charge in [0.15, 0.2) is 8.29 Å². The highest BCUT2D eigenvalue weighted by atomic mass is 32.2. The number of carbonyl (C=O) groups excluding carboxylic acids is 1. The minimum Gasteiger partial charge on any atom is -0.468 e. The molecule has 1 heterocycles. The van der Waals surface area contributed by atoms with E-state index < -0.39 is 0 Å². The summed E-state index contributed by atoms with van der Waals surface area (Å²) in [5, 5.41) is 4.41. The number of hydrogen-bond acceptors (Lipinski definition) is 6. The number of rotatable bonds is 4. The van der Waals surface area contributed by atoms with Gasteiger partial charge in [-0.3, -0.25) is 4.79 Å². The first kappa shape index (κ1) is 14.2. The Morgan fingerprint density at radius 1 is 1.58 bits per heavy atom. The molecule has 0 N–H and O–H groups in total. The first-order chi connectivity index (χ1) is 9.10. The van der Waals surface area contributed by atoms with Crippen molar-refractivity contribution in [3.63, 3.8) is 0 Å². The monoisotopic (exact) mass is 312 g/mol. The zero-order chi connectivity index (χ0) is 13.8. The highest BCUT2D eigenvalue weighted by Gasteiger charge is 2.09. The maximum Gasteiger partial charge on any atom is 0.316 e. The Kier molecular flexibility index (Phi) is 4.73. The molecule has 0 saturated carbocycles. The van der Waals surface area contributed by atoms with E-state index in [1.54, 1.807) is 4.68 Å². The lowest BCUT2D eigenvalue weighted by atomic mass is 10.2. The Bertz CT molecular complexity index is 648. The SMILES string of the molecule is COC(=O)CSc1nn(-c2cccc(C)c2)c(=S)s1. The Morgan fingerprint density at radius 2 is 2.37 bits per heavy atom. The van der Waals surface area contributed by atoms with Gasteiger partial charge in [-0.2, -0.15) is 0 Å². The van der Waals surface area contributed by atoms with Crippen LogP contribution in [0, 0.1) is 10.9 Å². The molecule has 100 valence electrons. The molecule has 2 aromatic rings. The average molecular weight is 312 g/mol. The van der Waals surface area contributed by atoms with Crippen LogP contribution in [0.25, 0.3) is 5.69 Å². The number of aromatic nitrogens is 2. The van der Waals surface area contributed by atoms with E-state index in [-0.39, 0.29) is 11.7 Å². The van der Waals surface area contributed by atoms with Gasteiger partial charge < -0.3 is 4.74 Å². The Labute approximate surface area is 124 Å². The molecule has 0 spiro atoms. The first-order valence-corrected chi connectivity index (χ1v) is 7.68. The minimum atomic E-state index is -0.270. The van der Waals surface area contributed by atoms with E-state index in [1.807, 2.05) is 31.2 Å². The van der Waals surface area contributed by atoms with Crippen LogP contribution < -0.4 is 0 Å². The number of ether oxygens (including phenoxy) is 1. The lowest BCUT2D eigenvalue weighted by Gasteiger charge is -2.01. The minimum absolute atomic E-state index is 0.243. The lowest BCUT2D eigenvalue weighted by molar-refractivity contribution is -0.137. The number of esters is 1. The highest BCUT2D eigenvalue weighted by Crippen LogP contribution is 2.24. The molecule has 0 atom stereocenters. The van der Waals surface area contributed by atoms with Crippen LogP contribution in [-0.2, 0) is 9.53 Å². The summed E-state index contributed by atoms with van der Waals surface area (Å²) in [6, 6.07) is 7.96. The van der Waals surface area contributed by atoms with Gasteiger partial charge in [-0.1, -0.05) is 35.2 Å². The number of benzene rings is 1. The number of nitrogens with zero attached hydrogens (tertiary/aromatic N) is 2. The van der Waals surface area contributed by atoms with Gasteiger partial charge in [0.05, 0.1) is 18.6 Å². The third-order valence-electron chi connectivity index (χ3n) is 2.32. The van der Waals surface area contributed by atoms with E-state index in [2.05, 4.69) is 9.84 Å². The summed E-state index contributed by atoms with van der Waals surface area (Å²) in [6.45, 7) is 2.02. The maximum atomic E-state index is 11.1. The molecule has 1 aromatic carbocycles. The van der Waals surface area contributed by atoms with Crippen LogP contribution in [0.3, 0.4) is 0 Å². The summed E-state index contributed by atoms with van der Waals surface area (Å²) in [6.07, 6.45) is 0. The molecule has 0 fully saturated rings. The van der Waals surface area contributed by atoms with Crippen LogP contribution in [0.5, 0.6) is 0 Å². The first-order valence-electron chi connectivity index (χ1n) is 5.47. The zero-order valence-electron chi connectivity index (χ0n) is 10.5. The Balaban J connectivity index is 2.22. The smallest absolute Gasteiger partial charge is 0.316 e. The Hall–Kier alpha value is -1.18. The van der Waals surface area contributed by atoms with Crippen molar-refractivity contribution in [3.05, 3.63) is 33.8 Å². The van der Waals surface area contributed by atoms with Gasteiger partial charge in [-0.05, 0) is 36.8 Å². The Morgan fingerprint density at radius 3 is 3.05 bits per heavy atom. The van der Waals surface area contributed by atoms with Crippen molar-refractivity contribution in [3.8, 4) is 5.69 Å². The molecule has 19 heavy (non-hydrogen) atoms. The van der Waals surface area contributed by atoms with Crippen molar-refractivity contribution in [1.82, 2.24) is 9.78 Å². The highest BCUT2D eigenvalue weighted by molar-refractivity contribution is 8.01. The van der Waals surface area contributed by atoms with Gasteiger partial charge in [-0.15, -0.1) is 5.10 Å². The van der Waals surface area contributed by atoms with Crippen LogP contribution in [0.1, 0.15) is 5.56 Å². The topological polar surface area (TPSA) is 44.1 Å². The third-order valence-corrected chi connectivity index (χ3v) is 4.66. The molecule has 1 aromatic heterocycles. The summed E-state index contributed by atoms with van der Waals surface area (Å²) >= 11 is 8.02. The molecule has 2 rings (SSSR count). The van der Waals surface area contributed by atoms with Crippen LogP contribution in [0.2, 0.25) is 0 Å². The second-order valence-electron chi connectivity index (χ2n) is 3.75. The van der Waals surface area contributed by atoms with Crippen molar-refractivity contribution in [2.45, 2.75) is 11.3 Å². The van der Waals surface area contributed by atoms with Gasteiger partial charge in [0.2, 0.25) is 0 Å². The molecule has 0 aliphatic carbocycles. The molecule has 0 aliphatic heterocycles. The van der Waals surface area contributed by atoms with Crippen LogP contribution in [-0.4, -0.2) is 28.6 Å². The molecule has 0 saturated heterocycles. The van der Waals surface area contributed by atoms with E-state index in [4.69, 9.17) is 12.2 Å². The molecular formula is C12H12N2O2S3. The van der Waals surface area contributed by atoms with E-state index in [1.165, 1.54) is 30.2 Å². The average Bonchev–Trinajstić information content (AvgIpc) is 2.77. The zero-order valence-corrected chi connectivity index (χ0v) is 12.9. The fraction of sp³-hybridized carbons (Fsp3) is 0.250. The largest absolute Gasteiger partial charge is 0.468 e. The van der Waals surface area contributed by atoms with E-state index in [0.29, 0.717) is 3.95 Å². The predicted octanol–water partition coefficient (Wildman–Crippen LogP) is 3.24. The quantitative estimate of drug-likeness (QED) is 0.493. The van der Waals surface area contributed by atoms with E-state index in [9.17, 15) is 4.79 Å². The fourth-order valence-electron chi connectivity index (χ4n) is 1.42. The van der Waals surface area contributed by atoms with Crippen molar-refractivity contribution < 1.29 is 9.53 Å². The second-order valence-corrected chi connectivity index (χ2v) is 6.59. The van der Waals surface area contributed by atoms with Crippen LogP contribution in [0.4, 0.5) is 0 Å². The van der Waals surface area contributed by atoms with Gasteiger partial charge in [0, 0.05) is 0 Å². The lowest BCUT2D eigenvalue weighted by Crippen LogP contribution is -2.03. The number of carbonyl (C=O) groups is 1. The van der Waals surface area contributed by atoms with Crippen molar-refractivity contribution >= 4 is 41.3 Å². The number of thioether (sulfide) groups is 1. The van der Waals surface area contributed by atoms with Crippen molar-refractivity contribution in [1.29, 1.82) is 0 Å². The molecule has 0 bridgehead atoms.